The minimum atomic E-state index is -0.521. The van der Waals surface area contributed by atoms with Crippen LogP contribution in [0.5, 0.6) is 0 Å². The van der Waals surface area contributed by atoms with Crippen molar-refractivity contribution in [1.29, 1.82) is 0 Å². The molecular weight excluding hydrogens is 335 g/mol. The molecule has 0 aliphatic rings. The summed E-state index contributed by atoms with van der Waals surface area (Å²) in [6, 6.07) is 8.80. The van der Waals surface area contributed by atoms with Crippen molar-refractivity contribution in [3.63, 3.8) is 0 Å². The quantitative estimate of drug-likeness (QED) is 0.807. The van der Waals surface area contributed by atoms with E-state index in [-0.39, 0.29) is 11.6 Å². The zero-order chi connectivity index (χ0) is 14.0. The van der Waals surface area contributed by atoms with E-state index in [1.165, 1.54) is 18.2 Å². The van der Waals surface area contributed by atoms with Crippen molar-refractivity contribution < 1.29 is 9.18 Å². The molecule has 0 atom stereocenters. The molecule has 0 radical (unpaired) electrons. The maximum atomic E-state index is 13.0. The molecule has 0 heterocycles. The van der Waals surface area contributed by atoms with Crippen molar-refractivity contribution in [1.82, 2.24) is 0 Å². The van der Waals surface area contributed by atoms with Crippen molar-refractivity contribution in [2.45, 2.75) is 0 Å². The molecular formula is C13H9BrClFN2O. The lowest BCUT2D eigenvalue weighted by Crippen LogP contribution is -2.12. The first-order chi connectivity index (χ1) is 8.97. The number of hydrogen-bond acceptors (Lipinski definition) is 2. The van der Waals surface area contributed by atoms with Gasteiger partial charge >= 0.3 is 0 Å². The van der Waals surface area contributed by atoms with Crippen molar-refractivity contribution in [2.75, 3.05) is 11.1 Å². The molecule has 0 unspecified atom stereocenters. The van der Waals surface area contributed by atoms with Crippen LogP contribution >= 0.6 is 27.5 Å². The molecule has 19 heavy (non-hydrogen) atoms. The number of nitrogens with one attached hydrogen (secondary N) is 1. The molecule has 6 heteroatoms. The summed E-state index contributed by atoms with van der Waals surface area (Å²) in [6.07, 6.45) is 0. The van der Waals surface area contributed by atoms with E-state index >= 15 is 0 Å². The van der Waals surface area contributed by atoms with Gasteiger partial charge in [0.15, 0.2) is 0 Å². The van der Waals surface area contributed by atoms with Gasteiger partial charge in [-0.2, -0.15) is 0 Å². The van der Waals surface area contributed by atoms with Crippen molar-refractivity contribution >= 4 is 44.8 Å². The molecule has 0 bridgehead atoms. The topological polar surface area (TPSA) is 55.1 Å². The summed E-state index contributed by atoms with van der Waals surface area (Å²) in [6.45, 7) is 0. The molecule has 0 saturated carbocycles. The van der Waals surface area contributed by atoms with Gasteiger partial charge in [0.05, 0.1) is 10.7 Å². The van der Waals surface area contributed by atoms with E-state index < -0.39 is 5.82 Å². The molecule has 3 nitrogen and oxygen atoms in total. The fourth-order valence-electron chi connectivity index (χ4n) is 1.46. The number of carbonyl (C=O) groups excluding carboxylic acids is 1. The van der Waals surface area contributed by atoms with Crippen LogP contribution in [0.2, 0.25) is 5.02 Å². The van der Waals surface area contributed by atoms with Gasteiger partial charge in [-0.3, -0.25) is 4.79 Å². The Hall–Kier alpha value is -1.59. The molecule has 2 aromatic carbocycles. The predicted octanol–water partition coefficient (Wildman–Crippen LogP) is 4.08. The SMILES string of the molecule is Nc1cc(NC(=O)c2ccc(Cl)c(Br)c2)ccc1F. The van der Waals surface area contributed by atoms with Gasteiger partial charge in [0.1, 0.15) is 5.82 Å². The second-order valence-electron chi connectivity index (χ2n) is 3.82. The second-order valence-corrected chi connectivity index (χ2v) is 5.08. The molecule has 2 aromatic rings. The van der Waals surface area contributed by atoms with Gasteiger partial charge in [0.2, 0.25) is 0 Å². The number of halogens is 3. The largest absolute Gasteiger partial charge is 0.396 e. The summed E-state index contributed by atoms with van der Waals surface area (Å²) in [4.78, 5) is 12.0. The Balaban J connectivity index is 2.20. The van der Waals surface area contributed by atoms with E-state index in [0.29, 0.717) is 20.7 Å². The standard InChI is InChI=1S/C13H9BrClFN2O/c14-9-5-7(1-3-10(9)15)13(19)18-8-2-4-11(16)12(17)6-8/h1-6H,17H2,(H,18,19). The number of hydrogen-bond donors (Lipinski definition) is 2. The van der Waals surface area contributed by atoms with Crippen LogP contribution in [0.25, 0.3) is 0 Å². The van der Waals surface area contributed by atoms with E-state index in [1.807, 2.05) is 0 Å². The highest BCUT2D eigenvalue weighted by molar-refractivity contribution is 9.10. The summed E-state index contributed by atoms with van der Waals surface area (Å²) in [5.41, 5.74) is 6.27. The predicted molar refractivity (Wildman–Crippen MR) is 77.9 cm³/mol. The third-order valence-electron chi connectivity index (χ3n) is 2.44. The summed E-state index contributed by atoms with van der Waals surface area (Å²) < 4.78 is 13.6. The van der Waals surface area contributed by atoms with Gasteiger partial charge in [-0.25, -0.2) is 4.39 Å². The van der Waals surface area contributed by atoms with Crippen LogP contribution in [0, 0.1) is 5.82 Å². The number of amides is 1. The van der Waals surface area contributed by atoms with Gasteiger partial charge in [-0.15, -0.1) is 0 Å². The number of rotatable bonds is 2. The van der Waals surface area contributed by atoms with Crippen LogP contribution in [-0.2, 0) is 0 Å². The summed E-state index contributed by atoms with van der Waals surface area (Å²) >= 11 is 9.09. The second kappa shape index (κ2) is 5.59. The highest BCUT2D eigenvalue weighted by Gasteiger charge is 2.09. The minimum absolute atomic E-state index is 0.0184. The summed E-state index contributed by atoms with van der Waals surface area (Å²) in [5, 5.41) is 3.14. The zero-order valence-electron chi connectivity index (χ0n) is 9.58. The third kappa shape index (κ3) is 3.24. The van der Waals surface area contributed by atoms with Crippen LogP contribution in [-0.4, -0.2) is 5.91 Å². The summed E-state index contributed by atoms with van der Waals surface area (Å²) in [7, 11) is 0. The monoisotopic (exact) mass is 342 g/mol. The lowest BCUT2D eigenvalue weighted by Gasteiger charge is -2.07. The lowest BCUT2D eigenvalue weighted by atomic mass is 10.2. The Bertz CT molecular complexity index is 649. The molecule has 0 aliphatic heterocycles. The van der Waals surface area contributed by atoms with Crippen molar-refractivity contribution in [2.24, 2.45) is 0 Å². The molecule has 0 aromatic heterocycles. The Labute approximate surface area is 122 Å². The van der Waals surface area contributed by atoms with Crippen molar-refractivity contribution in [3.05, 3.63) is 57.3 Å². The average Bonchev–Trinajstić information content (AvgIpc) is 2.37. The van der Waals surface area contributed by atoms with Crippen LogP contribution in [0.4, 0.5) is 15.8 Å². The molecule has 3 N–H and O–H groups in total. The molecule has 0 saturated heterocycles. The van der Waals surface area contributed by atoms with Gasteiger partial charge in [-0.1, -0.05) is 11.6 Å². The highest BCUT2D eigenvalue weighted by Crippen LogP contribution is 2.24. The fraction of sp³-hybridized carbons (Fsp3) is 0. The Morgan fingerprint density at radius 3 is 2.63 bits per heavy atom. The van der Waals surface area contributed by atoms with Gasteiger partial charge < -0.3 is 11.1 Å². The normalized spacial score (nSPS) is 10.3. The maximum Gasteiger partial charge on any atom is 0.255 e. The maximum absolute atomic E-state index is 13.0. The third-order valence-corrected chi connectivity index (χ3v) is 3.65. The Morgan fingerprint density at radius 2 is 2.00 bits per heavy atom. The van der Waals surface area contributed by atoms with E-state index in [4.69, 9.17) is 17.3 Å². The van der Waals surface area contributed by atoms with Crippen molar-refractivity contribution in [3.8, 4) is 0 Å². The van der Waals surface area contributed by atoms with Gasteiger partial charge in [-0.05, 0) is 52.3 Å². The zero-order valence-corrected chi connectivity index (χ0v) is 11.9. The van der Waals surface area contributed by atoms with E-state index in [1.54, 1.807) is 18.2 Å². The minimum Gasteiger partial charge on any atom is -0.396 e. The van der Waals surface area contributed by atoms with Crippen LogP contribution in [0.15, 0.2) is 40.9 Å². The first-order valence-electron chi connectivity index (χ1n) is 5.29. The average molecular weight is 344 g/mol. The molecule has 98 valence electrons. The lowest BCUT2D eigenvalue weighted by molar-refractivity contribution is 0.102. The molecule has 0 fully saturated rings. The number of nitrogen functional groups attached to an aromatic ring is 1. The Kier molecular flexibility index (Phi) is 4.07. The molecule has 2 rings (SSSR count). The van der Waals surface area contributed by atoms with E-state index in [2.05, 4.69) is 21.2 Å². The van der Waals surface area contributed by atoms with Crippen LogP contribution in [0.3, 0.4) is 0 Å². The fourth-order valence-corrected chi connectivity index (χ4v) is 1.96. The number of benzene rings is 2. The van der Waals surface area contributed by atoms with Gasteiger partial charge in [0.25, 0.3) is 5.91 Å². The number of anilines is 2. The van der Waals surface area contributed by atoms with Crippen LogP contribution < -0.4 is 11.1 Å². The van der Waals surface area contributed by atoms with E-state index in [0.717, 1.165) is 0 Å². The molecule has 0 spiro atoms. The van der Waals surface area contributed by atoms with Gasteiger partial charge in [0, 0.05) is 15.7 Å². The smallest absolute Gasteiger partial charge is 0.255 e. The Morgan fingerprint density at radius 1 is 1.26 bits per heavy atom. The molecule has 1 amide bonds. The highest BCUT2D eigenvalue weighted by atomic mass is 79.9. The van der Waals surface area contributed by atoms with E-state index in [9.17, 15) is 9.18 Å². The first-order valence-corrected chi connectivity index (χ1v) is 6.46. The summed E-state index contributed by atoms with van der Waals surface area (Å²) in [5.74, 6) is -0.851. The molecule has 0 aliphatic carbocycles. The first kappa shape index (κ1) is 13.8. The van der Waals surface area contributed by atoms with Crippen LogP contribution in [0.1, 0.15) is 10.4 Å². The number of nitrogens with two attached hydrogens (primary N) is 1. The number of carbonyl (C=O) groups is 1.